The third-order valence-electron chi connectivity index (χ3n) is 4.66. The van der Waals surface area contributed by atoms with Gasteiger partial charge >= 0.3 is 0 Å². The molecular weight excluding hydrogens is 318 g/mol. The molecule has 1 aliphatic rings. The second kappa shape index (κ2) is 6.46. The minimum absolute atomic E-state index is 0.101. The molecule has 2 aromatic heterocycles. The molecule has 4 rings (SSSR count). The zero-order valence-electron chi connectivity index (χ0n) is 13.7. The van der Waals surface area contributed by atoms with E-state index in [4.69, 9.17) is 0 Å². The van der Waals surface area contributed by atoms with E-state index in [0.29, 0.717) is 6.54 Å². The van der Waals surface area contributed by atoms with Crippen LogP contribution in [-0.4, -0.2) is 42.2 Å². The summed E-state index contributed by atoms with van der Waals surface area (Å²) in [5.74, 6) is -0.101. The van der Waals surface area contributed by atoms with Gasteiger partial charge in [0.15, 0.2) is 6.04 Å². The average Bonchev–Trinajstić information content (AvgIpc) is 3.03. The molecule has 2 heterocycles. The number of carbonyl (C=O) groups excluding carboxylic acids is 1. The van der Waals surface area contributed by atoms with Gasteiger partial charge in [-0.15, -0.1) is 5.10 Å². The summed E-state index contributed by atoms with van der Waals surface area (Å²) >= 11 is 0. The fraction of sp³-hybridized carbons (Fsp3) is 0.353. The van der Waals surface area contributed by atoms with Gasteiger partial charge in [0, 0.05) is 30.9 Å². The van der Waals surface area contributed by atoms with E-state index in [9.17, 15) is 4.79 Å². The van der Waals surface area contributed by atoms with Gasteiger partial charge in [0.05, 0.1) is 6.33 Å². The molecule has 0 spiro atoms. The van der Waals surface area contributed by atoms with Crippen LogP contribution in [0.1, 0.15) is 24.4 Å². The molecule has 0 saturated heterocycles. The Labute approximate surface area is 144 Å². The van der Waals surface area contributed by atoms with Crippen LogP contribution in [0.15, 0.2) is 55.4 Å². The Kier molecular flexibility index (Phi) is 4.01. The number of nitrogens with one attached hydrogen (secondary N) is 1. The van der Waals surface area contributed by atoms with Crippen molar-refractivity contribution < 1.29 is 4.79 Å². The Hall–Kier alpha value is -3.03. The van der Waals surface area contributed by atoms with Gasteiger partial charge in [-0.05, 0) is 28.8 Å². The first kappa shape index (κ1) is 15.5. The third-order valence-corrected chi connectivity index (χ3v) is 4.66. The van der Waals surface area contributed by atoms with E-state index in [1.807, 2.05) is 42.9 Å². The molecule has 8 heteroatoms. The van der Waals surface area contributed by atoms with Gasteiger partial charge in [-0.3, -0.25) is 4.79 Å². The van der Waals surface area contributed by atoms with E-state index in [2.05, 4.69) is 30.4 Å². The number of benzene rings is 1. The molecule has 1 saturated carbocycles. The van der Waals surface area contributed by atoms with Crippen molar-refractivity contribution in [2.24, 2.45) is 5.41 Å². The number of hydrogen-bond donors (Lipinski definition) is 1. The topological polar surface area (TPSA) is 90.5 Å². The van der Waals surface area contributed by atoms with Crippen LogP contribution >= 0.6 is 0 Å². The van der Waals surface area contributed by atoms with Crippen molar-refractivity contribution >= 4 is 5.91 Å². The van der Waals surface area contributed by atoms with E-state index < -0.39 is 6.04 Å². The molecule has 1 N–H and O–H groups in total. The first-order chi connectivity index (χ1) is 12.3. The lowest BCUT2D eigenvalue weighted by Crippen LogP contribution is -2.38. The molecule has 0 radical (unpaired) electrons. The quantitative estimate of drug-likeness (QED) is 0.696. The van der Waals surface area contributed by atoms with Crippen LogP contribution in [0.3, 0.4) is 0 Å². The summed E-state index contributed by atoms with van der Waals surface area (Å²) in [6, 6.07) is 8.97. The van der Waals surface area contributed by atoms with Crippen LogP contribution in [0.2, 0.25) is 0 Å². The standard InChI is InChI=1S/C17H19N7O/c25-16(19-10-17(6-7-17)11-23-9-8-18-12-23)15(24-13-20-21-22-24)14-4-2-1-3-5-14/h1-5,8-9,12-13,15H,6-7,10-11H2,(H,19,25)/t15-/m0/s1. The van der Waals surface area contributed by atoms with Gasteiger partial charge in [-0.25, -0.2) is 9.67 Å². The number of carbonyl (C=O) groups is 1. The van der Waals surface area contributed by atoms with Gasteiger partial charge in [-0.1, -0.05) is 30.3 Å². The van der Waals surface area contributed by atoms with Gasteiger partial charge < -0.3 is 9.88 Å². The van der Waals surface area contributed by atoms with Gasteiger partial charge in [0.2, 0.25) is 5.91 Å². The van der Waals surface area contributed by atoms with E-state index in [0.717, 1.165) is 24.9 Å². The highest BCUT2D eigenvalue weighted by atomic mass is 16.2. The zero-order valence-corrected chi connectivity index (χ0v) is 13.7. The Bertz CT molecular complexity index is 810. The van der Waals surface area contributed by atoms with Crippen molar-refractivity contribution in [3.8, 4) is 0 Å². The van der Waals surface area contributed by atoms with E-state index in [1.165, 1.54) is 11.0 Å². The molecule has 1 atom stereocenters. The third kappa shape index (κ3) is 3.42. The molecule has 1 aromatic carbocycles. The van der Waals surface area contributed by atoms with Crippen LogP contribution in [0, 0.1) is 5.41 Å². The number of imidazole rings is 1. The maximum atomic E-state index is 12.9. The van der Waals surface area contributed by atoms with Gasteiger partial charge in [0.25, 0.3) is 0 Å². The first-order valence-electron chi connectivity index (χ1n) is 8.27. The summed E-state index contributed by atoms with van der Waals surface area (Å²) in [4.78, 5) is 17.0. The maximum absolute atomic E-state index is 12.9. The SMILES string of the molecule is O=C(NCC1(Cn2ccnc2)CC1)[C@H](c1ccccc1)n1cnnn1. The monoisotopic (exact) mass is 337 g/mol. The van der Waals surface area contributed by atoms with E-state index in [-0.39, 0.29) is 11.3 Å². The Morgan fingerprint density at radius 1 is 1.24 bits per heavy atom. The smallest absolute Gasteiger partial charge is 0.249 e. The van der Waals surface area contributed by atoms with E-state index in [1.54, 1.807) is 6.20 Å². The molecule has 0 bridgehead atoms. The fourth-order valence-corrected chi connectivity index (χ4v) is 3.05. The minimum atomic E-state index is -0.569. The van der Waals surface area contributed by atoms with Gasteiger partial charge in [-0.2, -0.15) is 0 Å². The molecule has 0 aliphatic heterocycles. The largest absolute Gasteiger partial charge is 0.353 e. The molecular formula is C17H19N7O. The predicted octanol–water partition coefficient (Wildman–Crippen LogP) is 1.06. The number of rotatable bonds is 7. The first-order valence-corrected chi connectivity index (χ1v) is 8.27. The lowest BCUT2D eigenvalue weighted by atomic mass is 10.0. The van der Waals surface area contributed by atoms with Crippen molar-refractivity contribution in [2.45, 2.75) is 25.4 Å². The van der Waals surface area contributed by atoms with Crippen LogP contribution in [-0.2, 0) is 11.3 Å². The van der Waals surface area contributed by atoms with Crippen molar-refractivity contribution in [1.29, 1.82) is 0 Å². The lowest BCUT2D eigenvalue weighted by Gasteiger charge is -2.20. The maximum Gasteiger partial charge on any atom is 0.249 e. The molecule has 128 valence electrons. The highest BCUT2D eigenvalue weighted by Gasteiger charge is 2.43. The van der Waals surface area contributed by atoms with Gasteiger partial charge in [0.1, 0.15) is 6.33 Å². The van der Waals surface area contributed by atoms with Crippen molar-refractivity contribution in [1.82, 2.24) is 35.1 Å². The molecule has 1 fully saturated rings. The Morgan fingerprint density at radius 3 is 2.72 bits per heavy atom. The number of hydrogen-bond acceptors (Lipinski definition) is 5. The minimum Gasteiger partial charge on any atom is -0.353 e. The van der Waals surface area contributed by atoms with Crippen molar-refractivity contribution in [2.75, 3.05) is 6.54 Å². The predicted molar refractivity (Wildman–Crippen MR) is 89.3 cm³/mol. The van der Waals surface area contributed by atoms with Crippen LogP contribution in [0.5, 0.6) is 0 Å². The summed E-state index contributed by atoms with van der Waals surface area (Å²) in [7, 11) is 0. The molecule has 1 amide bonds. The number of aromatic nitrogens is 6. The summed E-state index contributed by atoms with van der Waals surface area (Å²) in [5, 5.41) is 14.3. The Morgan fingerprint density at radius 2 is 2.08 bits per heavy atom. The summed E-state index contributed by atoms with van der Waals surface area (Å²) < 4.78 is 3.55. The summed E-state index contributed by atoms with van der Waals surface area (Å²) in [6.45, 7) is 1.50. The highest BCUT2D eigenvalue weighted by Crippen LogP contribution is 2.46. The second-order valence-corrected chi connectivity index (χ2v) is 6.56. The molecule has 25 heavy (non-hydrogen) atoms. The van der Waals surface area contributed by atoms with Crippen molar-refractivity contribution in [3.63, 3.8) is 0 Å². The number of amides is 1. The summed E-state index contributed by atoms with van der Waals surface area (Å²) in [6.07, 6.45) is 9.22. The fourth-order valence-electron chi connectivity index (χ4n) is 3.05. The zero-order chi connectivity index (χ0) is 17.1. The molecule has 1 aliphatic carbocycles. The highest BCUT2D eigenvalue weighted by molar-refractivity contribution is 5.83. The number of tetrazole rings is 1. The van der Waals surface area contributed by atoms with Crippen molar-refractivity contribution in [3.05, 3.63) is 60.9 Å². The van der Waals surface area contributed by atoms with Crippen LogP contribution < -0.4 is 5.32 Å². The van der Waals surface area contributed by atoms with E-state index >= 15 is 0 Å². The van der Waals surface area contributed by atoms with Crippen LogP contribution in [0.25, 0.3) is 0 Å². The molecule has 8 nitrogen and oxygen atoms in total. The normalized spacial score (nSPS) is 16.3. The molecule has 0 unspecified atom stereocenters. The lowest BCUT2D eigenvalue weighted by molar-refractivity contribution is -0.123. The number of nitrogens with zero attached hydrogens (tertiary/aromatic N) is 6. The molecule has 3 aromatic rings. The van der Waals surface area contributed by atoms with Crippen LogP contribution in [0.4, 0.5) is 0 Å². The summed E-state index contributed by atoms with van der Waals surface area (Å²) in [5.41, 5.74) is 0.977. The average molecular weight is 337 g/mol. The Balaban J connectivity index is 1.46. The second-order valence-electron chi connectivity index (χ2n) is 6.56.